The van der Waals surface area contributed by atoms with Crippen molar-refractivity contribution in [3.05, 3.63) is 57.7 Å². The zero-order valence-corrected chi connectivity index (χ0v) is 15.8. The monoisotopic (exact) mass is 369 g/mol. The minimum Gasteiger partial charge on any atom is -0.465 e. The number of fused-ring (bicyclic) bond motifs is 1. The molecule has 0 saturated heterocycles. The maximum Gasteiger partial charge on any atom is 0.341 e. The SMILES string of the molecule is COC(=O)c1c(NC(=O)C=Cc2cc3ccc(C)cc3o2)sc(C)c1C. The fraction of sp³-hybridized carbons (Fsp3) is 0.200. The Bertz CT molecular complexity index is 1030. The summed E-state index contributed by atoms with van der Waals surface area (Å²) in [6.07, 6.45) is 2.99. The third-order valence-corrected chi connectivity index (χ3v) is 5.23. The van der Waals surface area contributed by atoms with Gasteiger partial charge in [0.1, 0.15) is 16.3 Å². The van der Waals surface area contributed by atoms with Gasteiger partial charge in [-0.05, 0) is 50.1 Å². The van der Waals surface area contributed by atoms with Crippen LogP contribution in [0.5, 0.6) is 0 Å². The average Bonchev–Trinajstić information content (AvgIpc) is 3.12. The third kappa shape index (κ3) is 3.55. The van der Waals surface area contributed by atoms with Gasteiger partial charge in [0.05, 0.1) is 12.7 Å². The number of benzene rings is 1. The highest BCUT2D eigenvalue weighted by Crippen LogP contribution is 2.33. The van der Waals surface area contributed by atoms with Gasteiger partial charge >= 0.3 is 5.97 Å². The minimum absolute atomic E-state index is 0.340. The summed E-state index contributed by atoms with van der Waals surface area (Å²) in [4.78, 5) is 25.2. The van der Waals surface area contributed by atoms with Gasteiger partial charge in [0.15, 0.2) is 0 Å². The molecule has 0 aliphatic carbocycles. The largest absolute Gasteiger partial charge is 0.465 e. The lowest BCUT2D eigenvalue weighted by Gasteiger charge is -2.03. The first-order valence-electron chi connectivity index (χ1n) is 8.06. The molecule has 0 aliphatic heterocycles. The van der Waals surface area contributed by atoms with Crippen molar-refractivity contribution in [3.8, 4) is 0 Å². The molecular formula is C20H19NO4S. The molecule has 134 valence electrons. The summed E-state index contributed by atoms with van der Waals surface area (Å²) in [5.74, 6) is -0.209. The van der Waals surface area contributed by atoms with Gasteiger partial charge in [-0.25, -0.2) is 4.79 Å². The first-order valence-corrected chi connectivity index (χ1v) is 8.88. The summed E-state index contributed by atoms with van der Waals surface area (Å²) < 4.78 is 10.5. The number of esters is 1. The Morgan fingerprint density at radius 1 is 1.19 bits per heavy atom. The lowest BCUT2D eigenvalue weighted by atomic mass is 10.1. The molecule has 0 fully saturated rings. The van der Waals surface area contributed by atoms with E-state index in [0.29, 0.717) is 16.3 Å². The van der Waals surface area contributed by atoms with E-state index in [9.17, 15) is 9.59 Å². The molecule has 2 heterocycles. The van der Waals surface area contributed by atoms with Gasteiger partial charge in [0.2, 0.25) is 5.91 Å². The second-order valence-corrected chi connectivity index (χ2v) is 7.22. The predicted octanol–water partition coefficient (Wildman–Crippen LogP) is 4.86. The number of amides is 1. The van der Waals surface area contributed by atoms with Crippen LogP contribution in [0.2, 0.25) is 0 Å². The zero-order valence-electron chi connectivity index (χ0n) is 15.0. The van der Waals surface area contributed by atoms with E-state index in [1.54, 1.807) is 6.08 Å². The van der Waals surface area contributed by atoms with E-state index >= 15 is 0 Å². The number of rotatable bonds is 4. The number of nitrogens with one attached hydrogen (secondary N) is 1. The van der Waals surface area contributed by atoms with Crippen LogP contribution in [0.4, 0.5) is 5.00 Å². The summed E-state index contributed by atoms with van der Waals surface area (Å²) >= 11 is 1.35. The van der Waals surface area contributed by atoms with Gasteiger partial charge < -0.3 is 14.5 Å². The van der Waals surface area contributed by atoms with E-state index in [4.69, 9.17) is 9.15 Å². The Balaban J connectivity index is 1.79. The molecule has 5 nitrogen and oxygen atoms in total. The van der Waals surface area contributed by atoms with Crippen LogP contribution in [0.3, 0.4) is 0 Å². The molecule has 0 spiro atoms. The number of ether oxygens (including phenoxy) is 1. The van der Waals surface area contributed by atoms with E-state index in [1.165, 1.54) is 24.5 Å². The smallest absolute Gasteiger partial charge is 0.341 e. The minimum atomic E-state index is -0.459. The topological polar surface area (TPSA) is 68.5 Å². The summed E-state index contributed by atoms with van der Waals surface area (Å²) in [6, 6.07) is 7.81. The highest BCUT2D eigenvalue weighted by Gasteiger charge is 2.21. The normalized spacial score (nSPS) is 11.2. The molecule has 0 radical (unpaired) electrons. The summed E-state index contributed by atoms with van der Waals surface area (Å²) in [5, 5.41) is 4.22. The van der Waals surface area contributed by atoms with Crippen molar-refractivity contribution in [2.75, 3.05) is 12.4 Å². The van der Waals surface area contributed by atoms with Crippen molar-refractivity contribution in [1.29, 1.82) is 0 Å². The molecule has 1 amide bonds. The second kappa shape index (κ2) is 7.17. The number of methoxy groups -OCH3 is 1. The van der Waals surface area contributed by atoms with Crippen LogP contribution >= 0.6 is 11.3 Å². The lowest BCUT2D eigenvalue weighted by molar-refractivity contribution is -0.111. The highest BCUT2D eigenvalue weighted by molar-refractivity contribution is 7.16. The van der Waals surface area contributed by atoms with Crippen molar-refractivity contribution >= 4 is 45.3 Å². The van der Waals surface area contributed by atoms with Gasteiger partial charge in [-0.3, -0.25) is 4.79 Å². The maximum atomic E-state index is 12.3. The van der Waals surface area contributed by atoms with Gasteiger partial charge in [-0.15, -0.1) is 11.3 Å². The maximum absolute atomic E-state index is 12.3. The van der Waals surface area contributed by atoms with E-state index in [0.717, 1.165) is 27.0 Å². The lowest BCUT2D eigenvalue weighted by Crippen LogP contribution is -2.11. The van der Waals surface area contributed by atoms with Crippen molar-refractivity contribution in [2.45, 2.75) is 20.8 Å². The molecule has 26 heavy (non-hydrogen) atoms. The molecule has 0 unspecified atom stereocenters. The van der Waals surface area contributed by atoms with Gasteiger partial charge in [0, 0.05) is 16.3 Å². The highest BCUT2D eigenvalue weighted by atomic mass is 32.1. The Kier molecular flexibility index (Phi) is 4.95. The number of aryl methyl sites for hydroxylation is 2. The molecule has 3 rings (SSSR count). The van der Waals surface area contributed by atoms with E-state index in [-0.39, 0.29) is 5.91 Å². The number of carbonyl (C=O) groups is 2. The fourth-order valence-electron chi connectivity index (χ4n) is 2.62. The predicted molar refractivity (Wildman–Crippen MR) is 104 cm³/mol. The number of thiophene rings is 1. The van der Waals surface area contributed by atoms with Crippen LogP contribution in [-0.2, 0) is 9.53 Å². The van der Waals surface area contributed by atoms with Crippen LogP contribution in [-0.4, -0.2) is 19.0 Å². The van der Waals surface area contributed by atoms with Gasteiger partial charge in [-0.2, -0.15) is 0 Å². The van der Waals surface area contributed by atoms with E-state index in [1.807, 2.05) is 45.0 Å². The molecular weight excluding hydrogens is 350 g/mol. The van der Waals surface area contributed by atoms with Crippen LogP contribution in [0.25, 0.3) is 17.0 Å². The first-order chi connectivity index (χ1) is 12.4. The molecule has 0 aliphatic rings. The molecule has 0 atom stereocenters. The Morgan fingerprint density at radius 2 is 1.96 bits per heavy atom. The number of carbonyl (C=O) groups excluding carboxylic acids is 2. The van der Waals surface area contributed by atoms with Crippen molar-refractivity contribution in [2.24, 2.45) is 0 Å². The van der Waals surface area contributed by atoms with Gasteiger partial charge in [0.25, 0.3) is 0 Å². The summed E-state index contributed by atoms with van der Waals surface area (Å²) in [7, 11) is 1.32. The Labute approximate surface area is 155 Å². The van der Waals surface area contributed by atoms with Crippen LogP contribution < -0.4 is 5.32 Å². The molecule has 6 heteroatoms. The molecule has 2 aromatic heterocycles. The Morgan fingerprint density at radius 3 is 2.69 bits per heavy atom. The number of furan rings is 1. The molecule has 0 bridgehead atoms. The van der Waals surface area contributed by atoms with E-state index in [2.05, 4.69) is 5.32 Å². The van der Waals surface area contributed by atoms with E-state index < -0.39 is 5.97 Å². The van der Waals surface area contributed by atoms with Crippen LogP contribution in [0.1, 0.15) is 32.1 Å². The zero-order chi connectivity index (χ0) is 18.8. The quantitative estimate of drug-likeness (QED) is 0.527. The first kappa shape index (κ1) is 17.9. The van der Waals surface area contributed by atoms with Crippen molar-refractivity contribution in [1.82, 2.24) is 0 Å². The summed E-state index contributed by atoms with van der Waals surface area (Å²) in [5.41, 5.74) is 3.10. The second-order valence-electron chi connectivity index (χ2n) is 5.99. The van der Waals surface area contributed by atoms with Gasteiger partial charge in [-0.1, -0.05) is 12.1 Å². The Hall–Kier alpha value is -2.86. The molecule has 1 aromatic carbocycles. The standard InChI is InChI=1S/C20H19NO4S/c1-11-5-6-14-10-15(25-16(14)9-11)7-8-17(22)21-19-18(20(23)24-4)12(2)13(3)26-19/h5-10H,1-4H3,(H,21,22). The van der Waals surface area contributed by atoms with Crippen molar-refractivity contribution < 1.29 is 18.7 Å². The fourth-order valence-corrected chi connectivity index (χ4v) is 3.67. The van der Waals surface area contributed by atoms with Crippen LogP contribution in [0.15, 0.2) is 34.8 Å². The number of anilines is 1. The third-order valence-electron chi connectivity index (χ3n) is 4.11. The van der Waals surface area contributed by atoms with Crippen LogP contribution in [0, 0.1) is 20.8 Å². The summed E-state index contributed by atoms with van der Waals surface area (Å²) in [6.45, 7) is 5.73. The average molecular weight is 369 g/mol. The number of hydrogen-bond donors (Lipinski definition) is 1. The number of hydrogen-bond acceptors (Lipinski definition) is 5. The molecule has 1 N–H and O–H groups in total. The molecule has 0 saturated carbocycles. The van der Waals surface area contributed by atoms with Crippen molar-refractivity contribution in [3.63, 3.8) is 0 Å². The molecule has 3 aromatic rings.